The quantitative estimate of drug-likeness (QED) is 0.0197. The molecular weight excluding hydrogens is 856 g/mol. The van der Waals surface area contributed by atoms with Crippen LogP contribution < -0.4 is 0 Å². The SMILES string of the molecule is CCC/C=C\C/C=C\CCCCCCCC(=O)OC(CO)COP(=O)(O)OCC(COC(=O)CCCCCCCCCCCCCCC)OC(=O)CCCCCCC/C=C\C/C=C\CCC. The van der Waals surface area contributed by atoms with Crippen molar-refractivity contribution in [3.8, 4) is 0 Å². The second-order valence-electron chi connectivity index (χ2n) is 17.7. The summed E-state index contributed by atoms with van der Waals surface area (Å²) in [6.07, 6.45) is 49.3. The Balaban J connectivity index is 4.74. The van der Waals surface area contributed by atoms with Crippen molar-refractivity contribution in [1.29, 1.82) is 0 Å². The number of carbonyl (C=O) groups excluding carboxylic acids is 3. The van der Waals surface area contributed by atoms with Gasteiger partial charge in [0.1, 0.15) is 12.7 Å². The number of carbonyl (C=O) groups is 3. The Morgan fingerprint density at radius 3 is 1.18 bits per heavy atom. The van der Waals surface area contributed by atoms with Gasteiger partial charge in [-0.1, -0.05) is 198 Å². The van der Waals surface area contributed by atoms with E-state index in [0.29, 0.717) is 19.3 Å². The van der Waals surface area contributed by atoms with E-state index >= 15 is 0 Å². The first-order chi connectivity index (χ1) is 32.2. The number of allylic oxidation sites excluding steroid dienone is 8. The molecule has 66 heavy (non-hydrogen) atoms. The molecule has 0 aliphatic heterocycles. The lowest BCUT2D eigenvalue weighted by molar-refractivity contribution is -0.161. The highest BCUT2D eigenvalue weighted by Crippen LogP contribution is 2.43. The second kappa shape index (κ2) is 48.9. The third kappa shape index (κ3) is 46.5. The van der Waals surface area contributed by atoms with Crippen molar-refractivity contribution in [3.63, 3.8) is 0 Å². The van der Waals surface area contributed by atoms with Crippen LogP contribution in [0.5, 0.6) is 0 Å². The first-order valence-electron chi connectivity index (χ1n) is 26.5. The Bertz CT molecular complexity index is 1300. The highest BCUT2D eigenvalue weighted by molar-refractivity contribution is 7.47. The zero-order chi connectivity index (χ0) is 48.4. The molecule has 0 amide bonds. The van der Waals surface area contributed by atoms with Gasteiger partial charge in [-0.05, 0) is 70.6 Å². The number of hydrogen-bond donors (Lipinski definition) is 2. The summed E-state index contributed by atoms with van der Waals surface area (Å²) < 4.78 is 39.3. The Morgan fingerprint density at radius 1 is 0.424 bits per heavy atom. The van der Waals surface area contributed by atoms with Gasteiger partial charge in [0.15, 0.2) is 6.10 Å². The number of ether oxygens (including phenoxy) is 3. The molecule has 0 rings (SSSR count). The van der Waals surface area contributed by atoms with E-state index in [1.807, 2.05) is 0 Å². The summed E-state index contributed by atoms with van der Waals surface area (Å²) in [6.45, 7) is 4.48. The van der Waals surface area contributed by atoms with E-state index in [1.54, 1.807) is 0 Å². The number of phosphoric acid groups is 1. The number of hydrogen-bond acceptors (Lipinski definition) is 10. The van der Waals surface area contributed by atoms with Crippen LogP contribution in [0.25, 0.3) is 0 Å². The average molecular weight is 953 g/mol. The molecule has 0 bridgehead atoms. The van der Waals surface area contributed by atoms with Crippen molar-refractivity contribution < 1.29 is 52.2 Å². The maximum absolute atomic E-state index is 12.8. The molecule has 0 saturated heterocycles. The lowest BCUT2D eigenvalue weighted by atomic mass is 10.0. The Morgan fingerprint density at radius 2 is 0.773 bits per heavy atom. The number of rotatable bonds is 49. The average Bonchev–Trinajstić information content (AvgIpc) is 3.30. The van der Waals surface area contributed by atoms with E-state index in [9.17, 15) is 28.9 Å². The lowest BCUT2D eigenvalue weighted by Gasteiger charge is -2.21. The van der Waals surface area contributed by atoms with E-state index < -0.39 is 57.8 Å². The highest BCUT2D eigenvalue weighted by atomic mass is 31.2. The first kappa shape index (κ1) is 63.4. The van der Waals surface area contributed by atoms with Crippen LogP contribution in [0.4, 0.5) is 0 Å². The smallest absolute Gasteiger partial charge is 0.462 e. The summed E-state index contributed by atoms with van der Waals surface area (Å²) in [5.41, 5.74) is 0. The fraction of sp³-hybridized carbons (Fsp3) is 0.796. The third-order valence-electron chi connectivity index (χ3n) is 11.2. The van der Waals surface area contributed by atoms with Gasteiger partial charge in [0.25, 0.3) is 0 Å². The van der Waals surface area contributed by atoms with Crippen LogP contribution in [0.1, 0.15) is 239 Å². The van der Waals surface area contributed by atoms with Crippen LogP contribution in [0.3, 0.4) is 0 Å². The molecule has 0 heterocycles. The minimum atomic E-state index is -4.74. The maximum Gasteiger partial charge on any atom is 0.472 e. The molecule has 0 aliphatic carbocycles. The van der Waals surface area contributed by atoms with Gasteiger partial charge in [-0.25, -0.2) is 4.57 Å². The standard InChI is InChI=1S/C54H97O11P/c1-4-7-10-13-16-19-22-25-28-31-34-37-40-43-52(56)61-47-51(65-54(58)45-42-39-36-33-30-27-24-21-18-15-12-9-6-3)49-63-66(59,60)62-48-50(46-55)64-53(57)44-41-38-35-32-29-26-23-20-17-14-11-8-5-2/h11-12,14-15,20-21,23-24,50-51,55H,4-10,13,16-19,22,25-49H2,1-3H3,(H,59,60)/b14-11-,15-12-,23-20-,24-21-. The second-order valence-corrected chi connectivity index (χ2v) is 19.1. The van der Waals surface area contributed by atoms with E-state index in [1.165, 1.54) is 64.2 Å². The Hall–Kier alpha value is -2.56. The molecule has 12 heteroatoms. The van der Waals surface area contributed by atoms with Crippen molar-refractivity contribution in [2.24, 2.45) is 0 Å². The number of phosphoric ester groups is 1. The molecule has 384 valence electrons. The van der Waals surface area contributed by atoms with Crippen molar-refractivity contribution in [2.45, 2.75) is 251 Å². The van der Waals surface area contributed by atoms with Gasteiger partial charge in [0.2, 0.25) is 0 Å². The minimum Gasteiger partial charge on any atom is -0.462 e. The largest absolute Gasteiger partial charge is 0.472 e. The van der Waals surface area contributed by atoms with Gasteiger partial charge in [-0.15, -0.1) is 0 Å². The molecule has 0 aromatic carbocycles. The monoisotopic (exact) mass is 953 g/mol. The van der Waals surface area contributed by atoms with Gasteiger partial charge < -0.3 is 24.2 Å². The molecule has 0 aromatic rings. The number of unbranched alkanes of at least 4 members (excludes halogenated alkanes) is 24. The molecule has 3 unspecified atom stereocenters. The molecule has 3 atom stereocenters. The summed E-state index contributed by atoms with van der Waals surface area (Å²) in [5.74, 6) is -1.49. The summed E-state index contributed by atoms with van der Waals surface area (Å²) in [7, 11) is -4.74. The topological polar surface area (TPSA) is 155 Å². The zero-order valence-corrected chi connectivity index (χ0v) is 43.1. The van der Waals surface area contributed by atoms with Crippen molar-refractivity contribution >= 4 is 25.7 Å². The zero-order valence-electron chi connectivity index (χ0n) is 42.2. The van der Waals surface area contributed by atoms with Gasteiger partial charge in [0, 0.05) is 19.3 Å². The van der Waals surface area contributed by atoms with Crippen molar-refractivity contribution in [3.05, 3.63) is 48.6 Å². The van der Waals surface area contributed by atoms with Crippen LogP contribution in [-0.4, -0.2) is 66.5 Å². The van der Waals surface area contributed by atoms with E-state index in [-0.39, 0.29) is 25.9 Å². The maximum atomic E-state index is 12.8. The highest BCUT2D eigenvalue weighted by Gasteiger charge is 2.28. The molecule has 0 fully saturated rings. The fourth-order valence-corrected chi connectivity index (χ4v) is 7.92. The van der Waals surface area contributed by atoms with Crippen LogP contribution >= 0.6 is 7.82 Å². The van der Waals surface area contributed by atoms with Gasteiger partial charge in [-0.3, -0.25) is 23.4 Å². The molecule has 0 aromatic heterocycles. The van der Waals surface area contributed by atoms with Crippen molar-refractivity contribution in [2.75, 3.05) is 26.4 Å². The number of aliphatic hydroxyl groups is 1. The summed E-state index contributed by atoms with van der Waals surface area (Å²) in [6, 6.07) is 0. The Labute approximate surface area is 403 Å². The van der Waals surface area contributed by atoms with E-state index in [4.69, 9.17) is 23.3 Å². The number of esters is 3. The minimum absolute atomic E-state index is 0.152. The summed E-state index contributed by atoms with van der Waals surface area (Å²) in [4.78, 5) is 48.3. The summed E-state index contributed by atoms with van der Waals surface area (Å²) in [5, 5.41) is 9.77. The third-order valence-corrected chi connectivity index (χ3v) is 12.1. The van der Waals surface area contributed by atoms with Crippen LogP contribution in [-0.2, 0) is 42.2 Å². The predicted molar refractivity (Wildman–Crippen MR) is 270 cm³/mol. The van der Waals surface area contributed by atoms with E-state index in [0.717, 1.165) is 116 Å². The molecule has 0 spiro atoms. The van der Waals surface area contributed by atoms with Crippen LogP contribution in [0.15, 0.2) is 48.6 Å². The van der Waals surface area contributed by atoms with Gasteiger partial charge in [0.05, 0.1) is 19.8 Å². The normalized spacial score (nSPS) is 13.8. The van der Waals surface area contributed by atoms with Crippen LogP contribution in [0, 0.1) is 0 Å². The molecule has 2 N–H and O–H groups in total. The first-order valence-corrected chi connectivity index (χ1v) is 28.0. The fourth-order valence-electron chi connectivity index (χ4n) is 7.14. The Kier molecular flexibility index (Phi) is 47.0. The molecule has 0 saturated carbocycles. The molecule has 0 aliphatic rings. The molecule has 0 radical (unpaired) electrons. The number of aliphatic hydroxyl groups excluding tert-OH is 1. The van der Waals surface area contributed by atoms with Crippen molar-refractivity contribution in [1.82, 2.24) is 0 Å². The summed E-state index contributed by atoms with van der Waals surface area (Å²) >= 11 is 0. The molecule has 11 nitrogen and oxygen atoms in total. The van der Waals surface area contributed by atoms with Gasteiger partial charge in [-0.2, -0.15) is 0 Å². The predicted octanol–water partition coefficient (Wildman–Crippen LogP) is 15.0. The lowest BCUT2D eigenvalue weighted by Crippen LogP contribution is -2.30. The van der Waals surface area contributed by atoms with E-state index in [2.05, 4.69) is 69.4 Å². The van der Waals surface area contributed by atoms with Gasteiger partial charge >= 0.3 is 25.7 Å². The van der Waals surface area contributed by atoms with Crippen LogP contribution in [0.2, 0.25) is 0 Å². The molecular formula is C54H97O11P.